The maximum absolute atomic E-state index is 5.21. The number of likely N-dealkylation sites (tertiary alicyclic amines) is 2. The fraction of sp³-hybridized carbons (Fsp3) is 0.773. The molecular formula is C22H40IN5OS. The molecule has 0 bridgehead atoms. The Morgan fingerprint density at radius 3 is 2.63 bits per heavy atom. The van der Waals surface area contributed by atoms with E-state index in [4.69, 9.17) is 9.73 Å². The molecule has 0 saturated carbocycles. The lowest BCUT2D eigenvalue weighted by atomic mass is 9.97. The van der Waals surface area contributed by atoms with Crippen LogP contribution in [-0.4, -0.2) is 81.8 Å². The highest BCUT2D eigenvalue weighted by Crippen LogP contribution is 2.28. The van der Waals surface area contributed by atoms with Gasteiger partial charge in [0.2, 0.25) is 0 Å². The largest absolute Gasteiger partial charge is 0.383 e. The average molecular weight is 550 g/mol. The highest BCUT2D eigenvalue weighted by molar-refractivity contribution is 14.0. The summed E-state index contributed by atoms with van der Waals surface area (Å²) in [7, 11) is 1.78. The van der Waals surface area contributed by atoms with Crippen molar-refractivity contribution in [3.05, 3.63) is 22.4 Å². The zero-order valence-corrected chi connectivity index (χ0v) is 21.8. The normalized spacial score (nSPS) is 20.1. The molecule has 1 unspecified atom stereocenters. The van der Waals surface area contributed by atoms with Gasteiger partial charge >= 0.3 is 0 Å². The number of thiophene rings is 1. The third-order valence-electron chi connectivity index (χ3n) is 6.10. The van der Waals surface area contributed by atoms with Crippen LogP contribution >= 0.6 is 35.3 Å². The van der Waals surface area contributed by atoms with Gasteiger partial charge in [-0.3, -0.25) is 9.89 Å². The lowest BCUT2D eigenvalue weighted by Crippen LogP contribution is -2.43. The summed E-state index contributed by atoms with van der Waals surface area (Å²) in [6, 6.07) is 4.84. The maximum Gasteiger partial charge on any atom is 0.191 e. The first-order chi connectivity index (χ1) is 14.3. The van der Waals surface area contributed by atoms with E-state index >= 15 is 0 Å². The van der Waals surface area contributed by atoms with Gasteiger partial charge in [-0.1, -0.05) is 6.07 Å². The second-order valence-electron chi connectivity index (χ2n) is 8.15. The number of nitrogens with zero attached hydrogens (tertiary/aromatic N) is 3. The molecule has 0 aromatic carbocycles. The van der Waals surface area contributed by atoms with E-state index in [0.29, 0.717) is 6.04 Å². The molecule has 1 atom stereocenters. The minimum atomic E-state index is 0. The van der Waals surface area contributed by atoms with Crippen LogP contribution in [-0.2, 0) is 4.74 Å². The second-order valence-corrected chi connectivity index (χ2v) is 9.13. The molecule has 8 heteroatoms. The molecular weight excluding hydrogens is 509 g/mol. The molecule has 0 spiro atoms. The van der Waals surface area contributed by atoms with E-state index in [1.54, 1.807) is 7.11 Å². The summed E-state index contributed by atoms with van der Waals surface area (Å²) >= 11 is 1.86. The average Bonchev–Trinajstić information content (AvgIpc) is 3.46. The smallest absolute Gasteiger partial charge is 0.191 e. The Hall–Kier alpha value is -0.420. The van der Waals surface area contributed by atoms with Crippen molar-refractivity contribution < 1.29 is 4.74 Å². The molecule has 2 fully saturated rings. The van der Waals surface area contributed by atoms with Crippen LogP contribution in [0.15, 0.2) is 22.5 Å². The van der Waals surface area contributed by atoms with Crippen LogP contribution < -0.4 is 10.6 Å². The first-order valence-electron chi connectivity index (χ1n) is 11.3. The minimum Gasteiger partial charge on any atom is -0.383 e. The molecule has 2 aliphatic rings. The number of aliphatic imine (C=N–C) groups is 1. The first kappa shape index (κ1) is 25.8. The number of methoxy groups -OCH3 is 1. The summed E-state index contributed by atoms with van der Waals surface area (Å²) in [6.45, 7) is 11.5. The van der Waals surface area contributed by atoms with Crippen LogP contribution in [0.1, 0.15) is 43.5 Å². The van der Waals surface area contributed by atoms with Crippen molar-refractivity contribution in [2.24, 2.45) is 10.9 Å². The summed E-state index contributed by atoms with van der Waals surface area (Å²) in [5, 5.41) is 9.25. The summed E-state index contributed by atoms with van der Waals surface area (Å²) in [6.07, 6.45) is 5.13. The summed E-state index contributed by atoms with van der Waals surface area (Å²) in [5.41, 5.74) is 0. The fourth-order valence-electron chi connectivity index (χ4n) is 4.31. The molecule has 30 heavy (non-hydrogen) atoms. The lowest BCUT2D eigenvalue weighted by molar-refractivity contribution is 0.121. The quantitative estimate of drug-likeness (QED) is 0.266. The SMILES string of the molecule is CCNC(=NCC(c1cccs1)N1CCCC1)NCC1CCN(CCOC)CC1.I. The van der Waals surface area contributed by atoms with Crippen molar-refractivity contribution in [2.45, 2.75) is 38.6 Å². The lowest BCUT2D eigenvalue weighted by Gasteiger charge is -2.32. The topological polar surface area (TPSA) is 52.1 Å². The Balaban J connectivity index is 0.00000320. The van der Waals surface area contributed by atoms with Gasteiger partial charge in [0.05, 0.1) is 19.2 Å². The molecule has 3 heterocycles. The number of guanidine groups is 1. The number of piperidine rings is 1. The second kappa shape index (κ2) is 14.6. The predicted octanol–water partition coefficient (Wildman–Crippen LogP) is 3.42. The van der Waals surface area contributed by atoms with Crippen molar-refractivity contribution >= 4 is 41.3 Å². The van der Waals surface area contributed by atoms with Crippen molar-refractivity contribution in [2.75, 3.05) is 66.1 Å². The molecule has 0 aliphatic carbocycles. The van der Waals surface area contributed by atoms with E-state index in [9.17, 15) is 0 Å². The van der Waals surface area contributed by atoms with Gasteiger partial charge in [-0.05, 0) is 76.2 Å². The summed E-state index contributed by atoms with van der Waals surface area (Å²) < 4.78 is 5.21. The Kier molecular flexibility index (Phi) is 12.6. The van der Waals surface area contributed by atoms with Gasteiger partial charge in [0, 0.05) is 31.6 Å². The van der Waals surface area contributed by atoms with Crippen LogP contribution in [0.2, 0.25) is 0 Å². The van der Waals surface area contributed by atoms with Gasteiger partial charge in [-0.2, -0.15) is 0 Å². The van der Waals surface area contributed by atoms with E-state index in [2.05, 4.69) is 44.9 Å². The summed E-state index contributed by atoms with van der Waals surface area (Å²) in [4.78, 5) is 11.5. The van der Waals surface area contributed by atoms with Crippen molar-refractivity contribution in [1.29, 1.82) is 0 Å². The molecule has 2 aliphatic heterocycles. The van der Waals surface area contributed by atoms with Gasteiger partial charge in [0.15, 0.2) is 5.96 Å². The van der Waals surface area contributed by atoms with Gasteiger partial charge in [0.25, 0.3) is 0 Å². The van der Waals surface area contributed by atoms with E-state index < -0.39 is 0 Å². The number of hydrogen-bond donors (Lipinski definition) is 2. The number of hydrogen-bond acceptors (Lipinski definition) is 5. The molecule has 2 N–H and O–H groups in total. The van der Waals surface area contributed by atoms with Gasteiger partial charge in [-0.25, -0.2) is 0 Å². The van der Waals surface area contributed by atoms with Crippen molar-refractivity contribution in [3.8, 4) is 0 Å². The number of halogens is 1. The zero-order chi connectivity index (χ0) is 20.3. The molecule has 3 rings (SSSR count). The van der Waals surface area contributed by atoms with Gasteiger partial charge in [0.1, 0.15) is 0 Å². The molecule has 1 aromatic heterocycles. The minimum absolute atomic E-state index is 0. The van der Waals surface area contributed by atoms with Crippen LogP contribution in [0, 0.1) is 5.92 Å². The molecule has 2 saturated heterocycles. The van der Waals surface area contributed by atoms with E-state index in [1.165, 1.54) is 56.7 Å². The Morgan fingerprint density at radius 2 is 2.00 bits per heavy atom. The third-order valence-corrected chi connectivity index (χ3v) is 7.07. The van der Waals surface area contributed by atoms with Crippen LogP contribution in [0.3, 0.4) is 0 Å². The Labute approximate surface area is 203 Å². The van der Waals surface area contributed by atoms with Crippen LogP contribution in [0.25, 0.3) is 0 Å². The zero-order valence-electron chi connectivity index (χ0n) is 18.6. The fourth-order valence-corrected chi connectivity index (χ4v) is 5.17. The van der Waals surface area contributed by atoms with E-state index in [0.717, 1.165) is 44.7 Å². The van der Waals surface area contributed by atoms with Crippen molar-refractivity contribution in [1.82, 2.24) is 20.4 Å². The molecule has 6 nitrogen and oxygen atoms in total. The molecule has 1 aromatic rings. The predicted molar refractivity (Wildman–Crippen MR) is 138 cm³/mol. The molecule has 0 radical (unpaired) electrons. The number of ether oxygens (including phenoxy) is 1. The number of rotatable bonds is 10. The number of nitrogens with one attached hydrogen (secondary N) is 2. The standard InChI is InChI=1S/C22H39N5OS.HI/c1-3-23-22(24-17-19-8-12-26(13-9-19)14-15-28-2)25-18-20(21-7-6-16-29-21)27-10-4-5-11-27;/h6-7,16,19-20H,3-5,8-15,17-18H2,1-2H3,(H2,23,24,25);1H. The Morgan fingerprint density at radius 1 is 1.23 bits per heavy atom. The van der Waals surface area contributed by atoms with E-state index in [1.807, 2.05) is 11.3 Å². The van der Waals surface area contributed by atoms with Gasteiger partial charge in [-0.15, -0.1) is 35.3 Å². The highest BCUT2D eigenvalue weighted by atomic mass is 127. The monoisotopic (exact) mass is 549 g/mol. The van der Waals surface area contributed by atoms with E-state index in [-0.39, 0.29) is 24.0 Å². The van der Waals surface area contributed by atoms with Crippen molar-refractivity contribution in [3.63, 3.8) is 0 Å². The summed E-state index contributed by atoms with van der Waals surface area (Å²) in [5.74, 6) is 1.69. The first-order valence-corrected chi connectivity index (χ1v) is 12.2. The highest BCUT2D eigenvalue weighted by Gasteiger charge is 2.24. The van der Waals surface area contributed by atoms with Crippen LogP contribution in [0.4, 0.5) is 0 Å². The molecule has 172 valence electrons. The third kappa shape index (κ3) is 8.26. The van der Waals surface area contributed by atoms with Crippen LogP contribution in [0.5, 0.6) is 0 Å². The maximum atomic E-state index is 5.21. The van der Waals surface area contributed by atoms with Gasteiger partial charge < -0.3 is 20.3 Å². The Bertz CT molecular complexity index is 586. The molecule has 0 amide bonds.